The van der Waals surface area contributed by atoms with Crippen LogP contribution in [-0.2, 0) is 4.79 Å². The Bertz CT molecular complexity index is 1400. The Labute approximate surface area is 202 Å². The summed E-state index contributed by atoms with van der Waals surface area (Å²) in [5.41, 5.74) is 5.10. The first-order valence-corrected chi connectivity index (χ1v) is 11.2. The number of benzene rings is 3. The zero-order chi connectivity index (χ0) is 22.9. The van der Waals surface area contributed by atoms with Crippen LogP contribution in [0.4, 0.5) is 5.69 Å². The molecule has 4 aromatic rings. The summed E-state index contributed by atoms with van der Waals surface area (Å²) in [6.45, 7) is 2.03. The Morgan fingerprint density at radius 2 is 1.58 bits per heavy atom. The van der Waals surface area contributed by atoms with Crippen LogP contribution in [0.5, 0.6) is 0 Å². The van der Waals surface area contributed by atoms with Crippen LogP contribution in [-0.4, -0.2) is 5.91 Å². The molecule has 1 aliphatic rings. The monoisotopic (exact) mass is 471 g/mol. The van der Waals surface area contributed by atoms with Crippen molar-refractivity contribution in [3.8, 4) is 11.3 Å². The van der Waals surface area contributed by atoms with Crippen LogP contribution in [0.3, 0.4) is 0 Å². The second-order valence-electron chi connectivity index (χ2n) is 7.80. The number of carbonyl (C=O) groups excluding carboxylic acids is 1. The van der Waals surface area contributed by atoms with E-state index in [0.29, 0.717) is 27.1 Å². The van der Waals surface area contributed by atoms with Crippen LogP contribution in [0.1, 0.15) is 16.9 Å². The van der Waals surface area contributed by atoms with E-state index in [9.17, 15) is 4.79 Å². The molecule has 5 heteroatoms. The van der Waals surface area contributed by atoms with Crippen molar-refractivity contribution in [2.75, 3.05) is 4.90 Å². The Kier molecular flexibility index (Phi) is 5.67. The van der Waals surface area contributed by atoms with Gasteiger partial charge in [-0.05, 0) is 67.1 Å². The molecule has 0 atom stereocenters. The third-order valence-corrected chi connectivity index (χ3v) is 6.21. The smallest absolute Gasteiger partial charge is 0.263 e. The van der Waals surface area contributed by atoms with Gasteiger partial charge in [-0.25, -0.2) is 0 Å². The lowest BCUT2D eigenvalue weighted by atomic mass is 10.1. The van der Waals surface area contributed by atoms with Gasteiger partial charge >= 0.3 is 0 Å². The minimum absolute atomic E-state index is 0.106. The largest absolute Gasteiger partial charge is 0.457 e. The van der Waals surface area contributed by atoms with Gasteiger partial charge in [-0.15, -0.1) is 0 Å². The lowest BCUT2D eigenvalue weighted by molar-refractivity contribution is -0.113. The zero-order valence-electron chi connectivity index (χ0n) is 17.8. The quantitative estimate of drug-likeness (QED) is 0.282. The van der Waals surface area contributed by atoms with Crippen LogP contribution < -0.4 is 4.90 Å². The molecule has 1 amide bonds. The van der Waals surface area contributed by atoms with E-state index in [4.69, 9.17) is 27.6 Å². The summed E-state index contributed by atoms with van der Waals surface area (Å²) in [7, 11) is 0. The maximum atomic E-state index is 13.5. The SMILES string of the molecule is Cc1ccc(N2C(=O)/C(=C/c3ccc(-c4ccc(Cl)c(Cl)c4)o3)C=C2c2ccccc2)cc1. The number of halogens is 2. The van der Waals surface area contributed by atoms with E-state index >= 15 is 0 Å². The van der Waals surface area contributed by atoms with Gasteiger partial charge in [0.1, 0.15) is 11.5 Å². The zero-order valence-corrected chi connectivity index (χ0v) is 19.3. The van der Waals surface area contributed by atoms with Crippen molar-refractivity contribution in [2.45, 2.75) is 6.92 Å². The number of aryl methyl sites for hydroxylation is 1. The van der Waals surface area contributed by atoms with Crippen molar-refractivity contribution in [1.29, 1.82) is 0 Å². The summed E-state index contributed by atoms with van der Waals surface area (Å²) in [5.74, 6) is 1.12. The number of anilines is 1. The van der Waals surface area contributed by atoms with E-state index in [0.717, 1.165) is 28.1 Å². The van der Waals surface area contributed by atoms with Gasteiger partial charge in [0.05, 0.1) is 15.7 Å². The summed E-state index contributed by atoms with van der Waals surface area (Å²) in [5, 5.41) is 0.946. The van der Waals surface area contributed by atoms with E-state index in [1.165, 1.54) is 0 Å². The number of amides is 1. The van der Waals surface area contributed by atoms with Crippen LogP contribution in [0.15, 0.2) is 101 Å². The highest BCUT2D eigenvalue weighted by Gasteiger charge is 2.30. The molecule has 3 nitrogen and oxygen atoms in total. The molecule has 0 saturated carbocycles. The summed E-state index contributed by atoms with van der Waals surface area (Å²) >= 11 is 12.2. The minimum atomic E-state index is -0.106. The standard InChI is InChI=1S/C28H19Cl2NO2/c1-18-7-10-22(11-8-18)31-26(19-5-3-2-4-6-19)17-21(28(31)32)15-23-12-14-27(33-23)20-9-13-24(29)25(30)16-20/h2-17H,1H3/b21-15+. The summed E-state index contributed by atoms with van der Waals surface area (Å²) in [6, 6.07) is 26.8. The van der Waals surface area contributed by atoms with E-state index in [-0.39, 0.29) is 5.91 Å². The molecule has 33 heavy (non-hydrogen) atoms. The van der Waals surface area contributed by atoms with Crippen molar-refractivity contribution >= 4 is 46.6 Å². The number of nitrogens with zero attached hydrogens (tertiary/aromatic N) is 1. The van der Waals surface area contributed by atoms with Crippen LogP contribution in [0.2, 0.25) is 10.0 Å². The molecule has 3 aromatic carbocycles. The average molecular weight is 472 g/mol. The van der Waals surface area contributed by atoms with Crippen molar-refractivity contribution < 1.29 is 9.21 Å². The molecule has 0 spiro atoms. The van der Waals surface area contributed by atoms with Gasteiger partial charge in [0.15, 0.2) is 0 Å². The van der Waals surface area contributed by atoms with Crippen molar-refractivity contribution in [1.82, 2.24) is 0 Å². The van der Waals surface area contributed by atoms with Gasteiger partial charge in [0.2, 0.25) is 0 Å². The predicted molar refractivity (Wildman–Crippen MR) is 135 cm³/mol. The highest BCUT2D eigenvalue weighted by atomic mass is 35.5. The molecule has 1 aromatic heterocycles. The van der Waals surface area contributed by atoms with Crippen molar-refractivity contribution in [3.05, 3.63) is 124 Å². The number of hydrogen-bond donors (Lipinski definition) is 0. The maximum Gasteiger partial charge on any atom is 0.263 e. The first-order valence-electron chi connectivity index (χ1n) is 10.4. The molecule has 162 valence electrons. The second-order valence-corrected chi connectivity index (χ2v) is 8.62. The van der Waals surface area contributed by atoms with Gasteiger partial charge in [-0.3, -0.25) is 9.69 Å². The van der Waals surface area contributed by atoms with Crippen molar-refractivity contribution in [3.63, 3.8) is 0 Å². The fourth-order valence-corrected chi connectivity index (χ4v) is 4.07. The highest BCUT2D eigenvalue weighted by Crippen LogP contribution is 2.36. The molecule has 0 unspecified atom stereocenters. The molecular formula is C28H19Cl2NO2. The molecular weight excluding hydrogens is 453 g/mol. The van der Waals surface area contributed by atoms with Gasteiger partial charge in [0.25, 0.3) is 5.91 Å². The lowest BCUT2D eigenvalue weighted by Gasteiger charge is -2.21. The third kappa shape index (κ3) is 4.25. The van der Waals surface area contributed by atoms with Crippen molar-refractivity contribution in [2.24, 2.45) is 0 Å². The Hall–Kier alpha value is -3.53. The Morgan fingerprint density at radius 1 is 0.818 bits per heavy atom. The van der Waals surface area contributed by atoms with E-state index in [1.807, 2.05) is 85.8 Å². The molecule has 2 heterocycles. The molecule has 5 rings (SSSR count). The van der Waals surface area contributed by atoms with Gasteiger partial charge in [-0.1, -0.05) is 71.2 Å². The average Bonchev–Trinajstić information content (AvgIpc) is 3.42. The molecule has 0 radical (unpaired) electrons. The highest BCUT2D eigenvalue weighted by molar-refractivity contribution is 6.42. The predicted octanol–water partition coefficient (Wildman–Crippen LogP) is 8.03. The molecule has 0 bridgehead atoms. The summed E-state index contributed by atoms with van der Waals surface area (Å²) in [6.07, 6.45) is 3.67. The van der Waals surface area contributed by atoms with Crippen LogP contribution in [0, 0.1) is 6.92 Å². The molecule has 0 N–H and O–H groups in total. The lowest BCUT2D eigenvalue weighted by Crippen LogP contribution is -2.24. The minimum Gasteiger partial charge on any atom is -0.457 e. The summed E-state index contributed by atoms with van der Waals surface area (Å²) in [4.78, 5) is 15.2. The number of carbonyl (C=O) groups is 1. The van der Waals surface area contributed by atoms with Gasteiger partial charge in [-0.2, -0.15) is 0 Å². The van der Waals surface area contributed by atoms with Gasteiger partial charge in [0, 0.05) is 16.8 Å². The van der Waals surface area contributed by atoms with E-state index in [2.05, 4.69) is 0 Å². The normalized spacial score (nSPS) is 14.8. The summed E-state index contributed by atoms with van der Waals surface area (Å²) < 4.78 is 5.99. The third-order valence-electron chi connectivity index (χ3n) is 5.47. The molecule has 0 fully saturated rings. The Morgan fingerprint density at radius 3 is 2.30 bits per heavy atom. The maximum absolute atomic E-state index is 13.5. The van der Waals surface area contributed by atoms with E-state index < -0.39 is 0 Å². The van der Waals surface area contributed by atoms with Crippen LogP contribution >= 0.6 is 23.2 Å². The number of rotatable bonds is 4. The topological polar surface area (TPSA) is 33.5 Å². The molecule has 0 saturated heterocycles. The Balaban J connectivity index is 1.53. The second kappa shape index (κ2) is 8.78. The fraction of sp³-hybridized carbons (Fsp3) is 0.0357. The van der Waals surface area contributed by atoms with E-state index in [1.54, 1.807) is 23.1 Å². The number of hydrogen-bond acceptors (Lipinski definition) is 2. The van der Waals surface area contributed by atoms with Crippen LogP contribution in [0.25, 0.3) is 23.1 Å². The first kappa shape index (κ1) is 21.3. The first-order chi connectivity index (χ1) is 16.0. The van der Waals surface area contributed by atoms with Gasteiger partial charge < -0.3 is 4.42 Å². The number of furan rings is 1. The molecule has 1 aliphatic heterocycles. The fourth-order valence-electron chi connectivity index (χ4n) is 3.78. The molecule has 0 aliphatic carbocycles.